The quantitative estimate of drug-likeness (QED) is 0.765. The molecule has 0 fully saturated rings. The minimum atomic E-state index is 0. The first-order valence-corrected chi connectivity index (χ1v) is 7.33. The van der Waals surface area contributed by atoms with Crippen molar-refractivity contribution in [3.05, 3.63) is 0 Å². The molecular formula is C10H25OSiY. The van der Waals surface area contributed by atoms with Crippen LogP contribution in [0.1, 0.15) is 40.5 Å². The van der Waals surface area contributed by atoms with Gasteiger partial charge in [0.25, 0.3) is 0 Å². The van der Waals surface area contributed by atoms with Crippen LogP contribution in [0.2, 0.25) is 18.1 Å². The maximum absolute atomic E-state index is 7.88. The van der Waals surface area contributed by atoms with Gasteiger partial charge in [0.15, 0.2) is 0 Å². The minimum Gasteiger partial charge on any atom is -0.396 e. The molecule has 0 saturated heterocycles. The standard InChI is InChI=1S/C7H17Si.C3H8O.Y/c1-4-7-8(5-2)6-3;1-2-3-4;/h4-7H2,1-3H3;4H,2-3H2,1H3;. The molecule has 0 amide bonds. The molecule has 0 aliphatic carbocycles. The first kappa shape index (κ1) is 19.8. The van der Waals surface area contributed by atoms with E-state index >= 15 is 0 Å². The number of hydrogen-bond acceptors (Lipinski definition) is 1. The van der Waals surface area contributed by atoms with Crippen molar-refractivity contribution in [2.24, 2.45) is 0 Å². The molecule has 2 radical (unpaired) electrons. The van der Waals surface area contributed by atoms with Gasteiger partial charge in [0.2, 0.25) is 0 Å². The summed E-state index contributed by atoms with van der Waals surface area (Å²) in [4.78, 5) is 0. The van der Waals surface area contributed by atoms with E-state index in [9.17, 15) is 0 Å². The topological polar surface area (TPSA) is 20.2 Å². The summed E-state index contributed by atoms with van der Waals surface area (Å²) < 4.78 is 0. The molecule has 3 heteroatoms. The summed E-state index contributed by atoms with van der Waals surface area (Å²) in [7, 11) is 0.126. The number of rotatable bonds is 5. The Hall–Kier alpha value is 1.28. The molecule has 0 aromatic rings. The second kappa shape index (κ2) is 19.0. The molecule has 0 atom stereocenters. The van der Waals surface area contributed by atoms with E-state index < -0.39 is 0 Å². The van der Waals surface area contributed by atoms with Gasteiger partial charge in [0.05, 0.1) is 0 Å². The van der Waals surface area contributed by atoms with Crippen LogP contribution in [0.15, 0.2) is 0 Å². The monoisotopic (exact) mass is 278 g/mol. The first-order valence-electron chi connectivity index (χ1n) is 5.21. The molecule has 0 unspecified atom stereocenters. The van der Waals surface area contributed by atoms with Crippen LogP contribution in [0.3, 0.4) is 0 Å². The summed E-state index contributed by atoms with van der Waals surface area (Å²) in [5, 5.41) is 7.88. The van der Waals surface area contributed by atoms with Crippen LogP contribution in [-0.4, -0.2) is 20.5 Å². The number of aliphatic hydroxyl groups excluding tert-OH is 1. The Morgan fingerprint density at radius 3 is 1.38 bits per heavy atom. The smallest absolute Gasteiger partial charge is 0.0473 e. The van der Waals surface area contributed by atoms with Crippen LogP contribution >= 0.6 is 0 Å². The molecule has 0 rings (SSSR count). The van der Waals surface area contributed by atoms with E-state index in [-0.39, 0.29) is 41.5 Å². The zero-order chi connectivity index (χ0) is 9.82. The fourth-order valence-electron chi connectivity index (χ4n) is 0.957. The third-order valence-corrected chi connectivity index (χ3v) is 5.03. The van der Waals surface area contributed by atoms with Crippen LogP contribution in [0.25, 0.3) is 0 Å². The van der Waals surface area contributed by atoms with Crippen molar-refractivity contribution in [2.75, 3.05) is 6.61 Å². The third kappa shape index (κ3) is 19.6. The number of hydrogen-bond donors (Lipinski definition) is 1. The van der Waals surface area contributed by atoms with Gasteiger partial charge in [-0.05, 0) is 6.42 Å². The summed E-state index contributed by atoms with van der Waals surface area (Å²) in [5.74, 6) is 0. The Bertz CT molecular complexity index is 65.9. The fourth-order valence-corrected chi connectivity index (χ4v) is 2.87. The fraction of sp³-hybridized carbons (Fsp3) is 1.00. The summed E-state index contributed by atoms with van der Waals surface area (Å²) >= 11 is 0. The number of aliphatic hydroxyl groups is 1. The van der Waals surface area contributed by atoms with Gasteiger partial charge >= 0.3 is 0 Å². The van der Waals surface area contributed by atoms with E-state index in [1.165, 1.54) is 24.6 Å². The van der Waals surface area contributed by atoms with Crippen LogP contribution < -0.4 is 0 Å². The average Bonchev–Trinajstić information content (AvgIpc) is 2.14. The van der Waals surface area contributed by atoms with Gasteiger partial charge in [-0.15, -0.1) is 0 Å². The normalized spacial score (nSPS) is 8.77. The zero-order valence-corrected chi connectivity index (χ0v) is 13.6. The van der Waals surface area contributed by atoms with E-state index in [0.29, 0.717) is 6.61 Å². The maximum atomic E-state index is 7.88. The Morgan fingerprint density at radius 1 is 0.923 bits per heavy atom. The van der Waals surface area contributed by atoms with Crippen LogP contribution in [0.4, 0.5) is 0 Å². The van der Waals surface area contributed by atoms with Crippen LogP contribution in [0, 0.1) is 0 Å². The van der Waals surface area contributed by atoms with E-state index in [0.717, 1.165) is 6.42 Å². The molecular weight excluding hydrogens is 253 g/mol. The van der Waals surface area contributed by atoms with E-state index in [2.05, 4.69) is 20.8 Å². The molecule has 0 saturated carbocycles. The van der Waals surface area contributed by atoms with Crippen molar-refractivity contribution in [3.63, 3.8) is 0 Å². The van der Waals surface area contributed by atoms with Gasteiger partial charge in [-0.3, -0.25) is 0 Å². The van der Waals surface area contributed by atoms with Gasteiger partial charge in [-0.2, -0.15) is 0 Å². The molecule has 78 valence electrons. The Balaban J connectivity index is -0.000000173. The molecule has 0 aliphatic rings. The van der Waals surface area contributed by atoms with Crippen LogP contribution in [-0.2, 0) is 32.7 Å². The van der Waals surface area contributed by atoms with Crippen molar-refractivity contribution >= 4 is 8.80 Å². The van der Waals surface area contributed by atoms with Gasteiger partial charge in [-0.25, -0.2) is 0 Å². The van der Waals surface area contributed by atoms with Crippen molar-refractivity contribution < 1.29 is 37.8 Å². The Labute approximate surface area is 111 Å². The third-order valence-electron chi connectivity index (χ3n) is 1.83. The predicted octanol–water partition coefficient (Wildman–Crippen LogP) is 3.32. The van der Waals surface area contributed by atoms with Crippen molar-refractivity contribution in [1.29, 1.82) is 0 Å². The molecule has 1 N–H and O–H groups in total. The Kier molecular flexibility index (Phi) is 28.9. The molecule has 13 heavy (non-hydrogen) atoms. The van der Waals surface area contributed by atoms with Gasteiger partial charge in [-0.1, -0.05) is 52.2 Å². The van der Waals surface area contributed by atoms with Crippen molar-refractivity contribution in [2.45, 2.75) is 58.7 Å². The molecule has 0 aromatic heterocycles. The molecule has 0 aliphatic heterocycles. The van der Waals surface area contributed by atoms with Crippen LogP contribution in [0.5, 0.6) is 0 Å². The Morgan fingerprint density at radius 2 is 1.31 bits per heavy atom. The zero-order valence-electron chi connectivity index (χ0n) is 9.77. The molecule has 0 aromatic carbocycles. The van der Waals surface area contributed by atoms with Crippen molar-refractivity contribution in [1.82, 2.24) is 0 Å². The second-order valence-electron chi connectivity index (χ2n) is 2.93. The maximum Gasteiger partial charge on any atom is 0.0473 e. The summed E-state index contributed by atoms with van der Waals surface area (Å²) in [6, 6.07) is 4.46. The second-order valence-corrected chi connectivity index (χ2v) is 6.34. The minimum absolute atomic E-state index is 0. The van der Waals surface area contributed by atoms with Gasteiger partial charge < -0.3 is 5.11 Å². The summed E-state index contributed by atoms with van der Waals surface area (Å²) in [6.07, 6.45) is 2.27. The van der Waals surface area contributed by atoms with E-state index in [4.69, 9.17) is 5.11 Å². The molecule has 0 heterocycles. The first-order chi connectivity index (χ1) is 5.76. The summed E-state index contributed by atoms with van der Waals surface area (Å²) in [6.45, 7) is 9.19. The molecule has 1 nitrogen and oxygen atoms in total. The summed E-state index contributed by atoms with van der Waals surface area (Å²) in [5.41, 5.74) is 0. The molecule has 0 spiro atoms. The van der Waals surface area contributed by atoms with E-state index in [1.807, 2.05) is 6.92 Å². The largest absolute Gasteiger partial charge is 0.396 e. The SMILES string of the molecule is CCCO.CCC[Si](CC)CC.[Y]. The average molecular weight is 278 g/mol. The van der Waals surface area contributed by atoms with Crippen molar-refractivity contribution in [3.8, 4) is 0 Å². The van der Waals surface area contributed by atoms with E-state index in [1.54, 1.807) is 0 Å². The van der Waals surface area contributed by atoms with Gasteiger partial charge in [0, 0.05) is 48.1 Å². The predicted molar refractivity (Wildman–Crippen MR) is 59.2 cm³/mol. The van der Waals surface area contributed by atoms with Gasteiger partial charge in [0.1, 0.15) is 0 Å². The molecule has 0 bridgehead atoms.